The Labute approximate surface area is 119 Å². The number of hydrogen-bond donors (Lipinski definition) is 1. The molecule has 102 valence electrons. The van der Waals surface area contributed by atoms with Crippen molar-refractivity contribution in [3.8, 4) is 0 Å². The Kier molecular flexibility index (Phi) is 5.00. The molecule has 1 N–H and O–H groups in total. The zero-order chi connectivity index (χ0) is 13.7. The summed E-state index contributed by atoms with van der Waals surface area (Å²) in [6, 6.07) is 10.6. The van der Waals surface area contributed by atoms with Crippen LogP contribution in [0.1, 0.15) is 27.8 Å². The first-order valence-corrected chi connectivity index (χ1v) is 7.47. The molecule has 0 unspecified atom stereocenters. The Morgan fingerprint density at radius 2 is 1.95 bits per heavy atom. The molecule has 0 atom stereocenters. The van der Waals surface area contributed by atoms with Crippen molar-refractivity contribution in [2.75, 3.05) is 11.9 Å². The molecule has 0 saturated heterocycles. The van der Waals surface area contributed by atoms with Gasteiger partial charge < -0.3 is 10.1 Å². The normalized spacial score (nSPS) is 10.7. The number of anilines is 1. The van der Waals surface area contributed by atoms with Gasteiger partial charge in [-0.25, -0.2) is 0 Å². The van der Waals surface area contributed by atoms with Gasteiger partial charge in [-0.3, -0.25) is 0 Å². The van der Waals surface area contributed by atoms with Crippen LogP contribution in [-0.4, -0.2) is 6.61 Å². The Morgan fingerprint density at radius 1 is 1.16 bits per heavy atom. The van der Waals surface area contributed by atoms with Crippen LogP contribution in [0.5, 0.6) is 0 Å². The smallest absolute Gasteiger partial charge is 0.0736 e. The predicted octanol–water partition coefficient (Wildman–Crippen LogP) is 4.51. The molecule has 2 nitrogen and oxygen atoms in total. The molecule has 3 heteroatoms. The summed E-state index contributed by atoms with van der Waals surface area (Å²) in [6.45, 7) is 8.65. The zero-order valence-electron chi connectivity index (χ0n) is 11.8. The first kappa shape index (κ1) is 14.1. The summed E-state index contributed by atoms with van der Waals surface area (Å²) < 4.78 is 5.50. The van der Waals surface area contributed by atoms with Gasteiger partial charge in [0, 0.05) is 34.2 Å². The average Bonchev–Trinajstić information content (AvgIpc) is 2.73. The minimum absolute atomic E-state index is 0.668. The molecule has 1 heterocycles. The number of rotatable bonds is 6. The number of hydrogen-bond acceptors (Lipinski definition) is 3. The fourth-order valence-electron chi connectivity index (χ4n) is 2.08. The van der Waals surface area contributed by atoms with E-state index in [0.717, 1.165) is 13.2 Å². The molecule has 0 amide bonds. The number of thiophene rings is 1. The van der Waals surface area contributed by atoms with Crippen LogP contribution in [0.15, 0.2) is 30.3 Å². The lowest BCUT2D eigenvalue weighted by Crippen LogP contribution is -2.03. The first-order valence-electron chi connectivity index (χ1n) is 6.66. The zero-order valence-corrected chi connectivity index (χ0v) is 12.6. The summed E-state index contributed by atoms with van der Waals surface area (Å²) in [4.78, 5) is 2.77. The second-order valence-corrected chi connectivity index (χ2v) is 6.05. The molecular weight excluding hydrogens is 254 g/mol. The number of para-hydroxylation sites is 1. The first-order chi connectivity index (χ1) is 9.20. The molecule has 0 radical (unpaired) electrons. The van der Waals surface area contributed by atoms with Crippen molar-refractivity contribution in [3.05, 3.63) is 51.2 Å². The Bertz CT molecular complexity index is 533. The summed E-state index contributed by atoms with van der Waals surface area (Å²) in [5.74, 6) is 0. The van der Waals surface area contributed by atoms with Gasteiger partial charge in [0.2, 0.25) is 0 Å². The molecule has 0 aliphatic heterocycles. The third-order valence-corrected chi connectivity index (χ3v) is 4.10. The lowest BCUT2D eigenvalue weighted by molar-refractivity contribution is 0.134. The molecule has 0 fully saturated rings. The van der Waals surface area contributed by atoms with Crippen molar-refractivity contribution in [3.63, 3.8) is 0 Å². The highest BCUT2D eigenvalue weighted by molar-refractivity contribution is 7.12. The fourth-order valence-corrected chi connectivity index (χ4v) is 3.03. The maximum Gasteiger partial charge on any atom is 0.0736 e. The van der Waals surface area contributed by atoms with E-state index in [9.17, 15) is 0 Å². The van der Waals surface area contributed by atoms with Crippen molar-refractivity contribution in [2.24, 2.45) is 0 Å². The highest BCUT2D eigenvalue weighted by Gasteiger charge is 2.05. The van der Waals surface area contributed by atoms with Gasteiger partial charge in [0.25, 0.3) is 0 Å². The van der Waals surface area contributed by atoms with Gasteiger partial charge >= 0.3 is 0 Å². The molecule has 0 spiro atoms. The van der Waals surface area contributed by atoms with Crippen molar-refractivity contribution in [2.45, 2.75) is 33.9 Å². The van der Waals surface area contributed by atoms with Crippen LogP contribution in [0, 0.1) is 13.8 Å². The van der Waals surface area contributed by atoms with Crippen molar-refractivity contribution >= 4 is 17.0 Å². The maximum absolute atomic E-state index is 5.50. The van der Waals surface area contributed by atoms with Gasteiger partial charge in [-0.15, -0.1) is 11.3 Å². The third kappa shape index (κ3) is 3.82. The predicted molar refractivity (Wildman–Crippen MR) is 82.9 cm³/mol. The van der Waals surface area contributed by atoms with Crippen LogP contribution in [0.25, 0.3) is 0 Å². The van der Waals surface area contributed by atoms with Crippen LogP contribution in [-0.2, 0) is 17.9 Å². The van der Waals surface area contributed by atoms with Gasteiger partial charge in [-0.05, 0) is 38.5 Å². The van der Waals surface area contributed by atoms with Crippen molar-refractivity contribution < 1.29 is 4.74 Å². The fraction of sp³-hybridized carbons (Fsp3) is 0.375. The van der Waals surface area contributed by atoms with E-state index in [1.54, 1.807) is 0 Å². The molecule has 0 aliphatic rings. The maximum atomic E-state index is 5.50. The number of nitrogens with one attached hydrogen (secondary N) is 1. The van der Waals surface area contributed by atoms with E-state index in [-0.39, 0.29) is 0 Å². The lowest BCUT2D eigenvalue weighted by Gasteiger charge is -2.12. The molecule has 19 heavy (non-hydrogen) atoms. The largest absolute Gasteiger partial charge is 0.381 e. The van der Waals surface area contributed by atoms with E-state index in [0.29, 0.717) is 6.61 Å². The molecule has 1 aromatic carbocycles. The van der Waals surface area contributed by atoms with E-state index < -0.39 is 0 Å². The monoisotopic (exact) mass is 275 g/mol. The van der Waals surface area contributed by atoms with Crippen LogP contribution in [0.2, 0.25) is 0 Å². The quantitative estimate of drug-likeness (QED) is 0.837. The van der Waals surface area contributed by atoms with E-state index in [1.165, 1.54) is 26.6 Å². The van der Waals surface area contributed by atoms with Gasteiger partial charge in [-0.2, -0.15) is 0 Å². The average molecular weight is 275 g/mol. The van der Waals surface area contributed by atoms with Gasteiger partial charge in [0.15, 0.2) is 0 Å². The second-order valence-electron chi connectivity index (χ2n) is 4.59. The number of aryl methyl sites for hydroxylation is 2. The molecule has 2 rings (SSSR count). The topological polar surface area (TPSA) is 21.3 Å². The van der Waals surface area contributed by atoms with E-state index >= 15 is 0 Å². The summed E-state index contributed by atoms with van der Waals surface area (Å²) in [6.07, 6.45) is 0. The van der Waals surface area contributed by atoms with Crippen molar-refractivity contribution in [1.82, 2.24) is 0 Å². The van der Waals surface area contributed by atoms with E-state index in [4.69, 9.17) is 4.74 Å². The van der Waals surface area contributed by atoms with Crippen molar-refractivity contribution in [1.29, 1.82) is 0 Å². The minimum atomic E-state index is 0.668. The Hall–Kier alpha value is -1.32. The highest BCUT2D eigenvalue weighted by Crippen LogP contribution is 2.23. The summed E-state index contributed by atoms with van der Waals surface area (Å²) in [5.41, 5.74) is 3.77. The second kappa shape index (κ2) is 6.73. The van der Waals surface area contributed by atoms with Gasteiger partial charge in [-0.1, -0.05) is 18.2 Å². The SMILES string of the molecule is CCOCc1ccccc1NCc1cc(C)sc1C. The molecule has 0 saturated carbocycles. The van der Waals surface area contributed by atoms with Crippen LogP contribution < -0.4 is 5.32 Å². The van der Waals surface area contributed by atoms with E-state index in [1.807, 2.05) is 18.3 Å². The van der Waals surface area contributed by atoms with Crippen LogP contribution >= 0.6 is 11.3 Å². The molecule has 2 aromatic rings. The lowest BCUT2D eigenvalue weighted by atomic mass is 10.1. The molecule has 0 aliphatic carbocycles. The Balaban J connectivity index is 2.04. The van der Waals surface area contributed by atoms with Crippen LogP contribution in [0.3, 0.4) is 0 Å². The number of benzene rings is 1. The molecular formula is C16H21NOS. The molecule has 1 aromatic heterocycles. The minimum Gasteiger partial charge on any atom is -0.381 e. The third-order valence-electron chi connectivity index (χ3n) is 3.09. The van der Waals surface area contributed by atoms with E-state index in [2.05, 4.69) is 49.5 Å². The molecule has 0 bridgehead atoms. The summed E-state index contributed by atoms with van der Waals surface area (Å²) in [7, 11) is 0. The standard InChI is InChI=1S/C16H21NOS/c1-4-18-11-14-7-5-6-8-16(14)17-10-15-9-12(2)19-13(15)3/h5-9,17H,4,10-11H2,1-3H3. The number of ether oxygens (including phenoxy) is 1. The van der Waals surface area contributed by atoms with Gasteiger partial charge in [0.05, 0.1) is 6.61 Å². The highest BCUT2D eigenvalue weighted by atomic mass is 32.1. The Morgan fingerprint density at radius 3 is 2.63 bits per heavy atom. The van der Waals surface area contributed by atoms with Gasteiger partial charge in [0.1, 0.15) is 0 Å². The summed E-state index contributed by atoms with van der Waals surface area (Å²) >= 11 is 1.86. The van der Waals surface area contributed by atoms with Crippen LogP contribution in [0.4, 0.5) is 5.69 Å². The summed E-state index contributed by atoms with van der Waals surface area (Å²) in [5, 5.41) is 3.52.